The molecular weight excluding hydrogens is 354 g/mol. The van der Waals surface area contributed by atoms with Crippen LogP contribution in [0, 0.1) is 5.92 Å². The lowest BCUT2D eigenvalue weighted by Gasteiger charge is -2.19. The molecule has 0 atom stereocenters. The van der Waals surface area contributed by atoms with Crippen molar-refractivity contribution < 1.29 is 13.2 Å². The molecule has 0 aliphatic rings. The van der Waals surface area contributed by atoms with Gasteiger partial charge in [-0.25, -0.2) is 8.42 Å². The van der Waals surface area contributed by atoms with Gasteiger partial charge in [0.25, 0.3) is 15.0 Å². The van der Waals surface area contributed by atoms with Gasteiger partial charge in [-0.05, 0) is 24.1 Å². The smallest absolute Gasteiger partial charge is 0.261 e. The summed E-state index contributed by atoms with van der Waals surface area (Å²) in [7, 11) is 3.12. The van der Waals surface area contributed by atoms with E-state index in [0.717, 1.165) is 0 Å². The van der Waals surface area contributed by atoms with E-state index >= 15 is 0 Å². The van der Waals surface area contributed by atoms with Crippen LogP contribution in [0.3, 0.4) is 0 Å². The Bertz CT molecular complexity index is 587. The molecule has 0 aromatic heterocycles. The van der Waals surface area contributed by atoms with Crippen LogP contribution in [-0.4, -0.2) is 32.8 Å². The molecule has 1 amide bonds. The second-order valence-electron chi connectivity index (χ2n) is 4.69. The number of halogens is 2. The summed E-state index contributed by atoms with van der Waals surface area (Å²) in [5.41, 5.74) is 0.289. The molecule has 0 radical (unpaired) electrons. The average molecular weight is 369 g/mol. The molecule has 1 aromatic rings. The third-order valence-corrected chi connectivity index (χ3v) is 4.18. The monoisotopic (exact) mass is 367 g/mol. The highest BCUT2D eigenvalue weighted by atomic mass is 79.9. The largest absolute Gasteiger partial charge is 0.341 e. The van der Waals surface area contributed by atoms with Crippen LogP contribution in [0.5, 0.6) is 0 Å². The van der Waals surface area contributed by atoms with Gasteiger partial charge in [0.2, 0.25) is 0 Å². The van der Waals surface area contributed by atoms with E-state index in [0.29, 0.717) is 16.9 Å². The van der Waals surface area contributed by atoms with Crippen molar-refractivity contribution in [1.82, 2.24) is 4.90 Å². The summed E-state index contributed by atoms with van der Waals surface area (Å²) in [4.78, 5) is 13.6. The van der Waals surface area contributed by atoms with Crippen molar-refractivity contribution in [2.75, 3.05) is 13.6 Å². The molecule has 0 N–H and O–H groups in total. The summed E-state index contributed by atoms with van der Waals surface area (Å²) in [6.07, 6.45) is 0. The van der Waals surface area contributed by atoms with Gasteiger partial charge in [0.15, 0.2) is 0 Å². The Labute approximate surface area is 126 Å². The van der Waals surface area contributed by atoms with Gasteiger partial charge >= 0.3 is 0 Å². The summed E-state index contributed by atoms with van der Waals surface area (Å²) >= 11 is 3.18. The van der Waals surface area contributed by atoms with E-state index in [2.05, 4.69) is 15.9 Å². The van der Waals surface area contributed by atoms with Gasteiger partial charge in [0.05, 0.1) is 4.90 Å². The molecule has 4 nitrogen and oxygen atoms in total. The molecule has 0 saturated carbocycles. The molecular formula is C12H15BrClNO3S. The summed E-state index contributed by atoms with van der Waals surface area (Å²) in [6, 6.07) is 4.22. The van der Waals surface area contributed by atoms with Crippen LogP contribution in [-0.2, 0) is 9.05 Å². The molecule has 0 heterocycles. The first-order valence-corrected chi connectivity index (χ1v) is 8.72. The second-order valence-corrected chi connectivity index (χ2v) is 8.17. The van der Waals surface area contributed by atoms with Crippen LogP contribution in [0.1, 0.15) is 24.2 Å². The maximum atomic E-state index is 12.2. The number of nitrogens with zero attached hydrogens (tertiary/aromatic N) is 1. The fourth-order valence-corrected chi connectivity index (χ4v) is 3.13. The third kappa shape index (κ3) is 4.78. The van der Waals surface area contributed by atoms with E-state index in [9.17, 15) is 13.2 Å². The Hall–Kier alpha value is -0.590. The van der Waals surface area contributed by atoms with Crippen LogP contribution < -0.4 is 0 Å². The van der Waals surface area contributed by atoms with Gasteiger partial charge in [-0.15, -0.1) is 0 Å². The lowest BCUT2D eigenvalue weighted by Crippen LogP contribution is -2.30. The van der Waals surface area contributed by atoms with Crippen LogP contribution in [0.2, 0.25) is 0 Å². The van der Waals surface area contributed by atoms with Crippen molar-refractivity contribution in [2.24, 2.45) is 5.92 Å². The van der Waals surface area contributed by atoms with Crippen molar-refractivity contribution in [3.63, 3.8) is 0 Å². The quantitative estimate of drug-likeness (QED) is 0.767. The van der Waals surface area contributed by atoms with Crippen molar-refractivity contribution in [1.29, 1.82) is 0 Å². The molecule has 0 spiro atoms. The Morgan fingerprint density at radius 2 is 1.95 bits per heavy atom. The van der Waals surface area contributed by atoms with Crippen LogP contribution in [0.15, 0.2) is 27.6 Å². The molecule has 7 heteroatoms. The first kappa shape index (κ1) is 16.5. The molecule has 1 aromatic carbocycles. The number of carbonyl (C=O) groups is 1. The average Bonchev–Trinajstić information content (AvgIpc) is 2.25. The van der Waals surface area contributed by atoms with E-state index in [4.69, 9.17) is 10.7 Å². The van der Waals surface area contributed by atoms with E-state index in [1.54, 1.807) is 18.0 Å². The molecule has 0 bridgehead atoms. The number of hydrogen-bond acceptors (Lipinski definition) is 3. The maximum Gasteiger partial charge on any atom is 0.261 e. The molecule has 1 rings (SSSR count). The van der Waals surface area contributed by atoms with Gasteiger partial charge < -0.3 is 4.90 Å². The maximum absolute atomic E-state index is 12.2. The molecule has 106 valence electrons. The molecule has 0 unspecified atom stereocenters. The standard InChI is InChI=1S/C12H15BrClNO3S/c1-8(2)7-15(3)12(16)9-4-10(13)6-11(5-9)19(14,17)18/h4-6,8H,7H2,1-3H3. The van der Waals surface area contributed by atoms with Gasteiger partial charge in [-0.3, -0.25) is 4.79 Å². The fourth-order valence-electron chi connectivity index (χ4n) is 1.68. The highest BCUT2D eigenvalue weighted by molar-refractivity contribution is 9.10. The van der Waals surface area contributed by atoms with Gasteiger partial charge in [-0.1, -0.05) is 29.8 Å². The lowest BCUT2D eigenvalue weighted by atomic mass is 10.1. The number of carbonyl (C=O) groups excluding carboxylic acids is 1. The normalized spacial score (nSPS) is 11.7. The number of benzene rings is 1. The number of rotatable bonds is 4. The highest BCUT2D eigenvalue weighted by Crippen LogP contribution is 2.23. The van der Waals surface area contributed by atoms with Crippen LogP contribution >= 0.6 is 26.6 Å². The first-order valence-electron chi connectivity index (χ1n) is 5.62. The SMILES string of the molecule is CC(C)CN(C)C(=O)c1cc(Br)cc(S(=O)(=O)Cl)c1. The Morgan fingerprint density at radius 1 is 1.37 bits per heavy atom. The minimum atomic E-state index is -3.86. The molecule has 0 aliphatic carbocycles. The van der Waals surface area contributed by atoms with Crippen molar-refractivity contribution >= 4 is 41.6 Å². The van der Waals surface area contributed by atoms with E-state index in [1.165, 1.54) is 12.1 Å². The highest BCUT2D eigenvalue weighted by Gasteiger charge is 2.18. The summed E-state index contributed by atoms with van der Waals surface area (Å²) in [6.45, 7) is 4.59. The van der Waals surface area contributed by atoms with Gasteiger partial charge in [0.1, 0.15) is 0 Å². The predicted molar refractivity (Wildman–Crippen MR) is 79.0 cm³/mol. The zero-order valence-electron chi connectivity index (χ0n) is 10.9. The summed E-state index contributed by atoms with van der Waals surface area (Å²) in [5, 5.41) is 0. The Morgan fingerprint density at radius 3 is 2.42 bits per heavy atom. The van der Waals surface area contributed by atoms with Crippen molar-refractivity contribution in [2.45, 2.75) is 18.7 Å². The fraction of sp³-hybridized carbons (Fsp3) is 0.417. The van der Waals surface area contributed by atoms with Crippen molar-refractivity contribution in [3.8, 4) is 0 Å². The van der Waals surface area contributed by atoms with Crippen LogP contribution in [0.4, 0.5) is 0 Å². The third-order valence-electron chi connectivity index (χ3n) is 2.39. The molecule has 0 aliphatic heterocycles. The Balaban J connectivity index is 3.14. The van der Waals surface area contributed by atoms with E-state index < -0.39 is 9.05 Å². The zero-order chi connectivity index (χ0) is 14.8. The van der Waals surface area contributed by atoms with E-state index in [-0.39, 0.29) is 16.4 Å². The minimum absolute atomic E-state index is 0.0927. The topological polar surface area (TPSA) is 54.5 Å². The molecule has 0 fully saturated rings. The number of amides is 1. The van der Waals surface area contributed by atoms with Crippen LogP contribution in [0.25, 0.3) is 0 Å². The predicted octanol–water partition coefficient (Wildman–Crippen LogP) is 3.10. The van der Waals surface area contributed by atoms with E-state index in [1.807, 2.05) is 13.8 Å². The lowest BCUT2D eigenvalue weighted by molar-refractivity contribution is 0.0779. The second kappa shape index (κ2) is 6.24. The number of hydrogen-bond donors (Lipinski definition) is 0. The van der Waals surface area contributed by atoms with Gasteiger partial charge in [0, 0.05) is 34.3 Å². The molecule has 19 heavy (non-hydrogen) atoms. The first-order chi connectivity index (χ1) is 8.61. The van der Waals surface area contributed by atoms with Gasteiger partial charge in [-0.2, -0.15) is 0 Å². The Kier molecular flexibility index (Phi) is 5.41. The minimum Gasteiger partial charge on any atom is -0.341 e. The zero-order valence-corrected chi connectivity index (χ0v) is 14.0. The summed E-state index contributed by atoms with van der Waals surface area (Å²) in [5.74, 6) is 0.0916. The summed E-state index contributed by atoms with van der Waals surface area (Å²) < 4.78 is 23.2. The molecule has 0 saturated heterocycles. The van der Waals surface area contributed by atoms with Crippen molar-refractivity contribution in [3.05, 3.63) is 28.2 Å².